The monoisotopic (exact) mass is 249 g/mol. The summed E-state index contributed by atoms with van der Waals surface area (Å²) in [5.74, 6) is 0. The van der Waals surface area contributed by atoms with Crippen LogP contribution in [0.3, 0.4) is 0 Å². The van der Waals surface area contributed by atoms with Crippen molar-refractivity contribution in [3.05, 3.63) is 52.8 Å². The smallest absolute Gasteiger partial charge is 0.248 e. The van der Waals surface area contributed by atoms with E-state index in [0.717, 1.165) is 6.26 Å². The second-order valence-corrected chi connectivity index (χ2v) is 5.74. The van der Waals surface area contributed by atoms with Crippen molar-refractivity contribution in [2.45, 2.75) is 4.90 Å². The molecule has 0 aliphatic rings. The average Bonchev–Trinajstić information content (AvgIpc) is 2.28. The van der Waals surface area contributed by atoms with Crippen molar-refractivity contribution in [3.8, 4) is 11.3 Å². The van der Waals surface area contributed by atoms with E-state index in [0.29, 0.717) is 11.3 Å². The molecule has 17 heavy (non-hydrogen) atoms. The first-order valence-electron chi connectivity index (χ1n) is 4.97. The Morgan fingerprint density at radius 2 is 1.76 bits per heavy atom. The second-order valence-electron chi connectivity index (χ2n) is 3.73. The van der Waals surface area contributed by atoms with E-state index in [9.17, 15) is 13.2 Å². The van der Waals surface area contributed by atoms with E-state index in [1.165, 1.54) is 12.1 Å². The van der Waals surface area contributed by atoms with Gasteiger partial charge in [0, 0.05) is 18.0 Å². The molecule has 0 aliphatic heterocycles. The molecule has 0 spiro atoms. The summed E-state index contributed by atoms with van der Waals surface area (Å²) in [7, 11) is -3.24. The summed E-state index contributed by atoms with van der Waals surface area (Å²) in [6.45, 7) is 0. The third kappa shape index (κ3) is 2.62. The van der Waals surface area contributed by atoms with Crippen LogP contribution in [-0.4, -0.2) is 19.7 Å². The van der Waals surface area contributed by atoms with Crippen LogP contribution >= 0.6 is 0 Å². The number of H-pyrrole nitrogens is 1. The molecule has 0 amide bonds. The summed E-state index contributed by atoms with van der Waals surface area (Å²) >= 11 is 0. The molecule has 0 aliphatic carbocycles. The first-order valence-corrected chi connectivity index (χ1v) is 6.86. The maximum Gasteiger partial charge on any atom is 0.248 e. The van der Waals surface area contributed by atoms with Gasteiger partial charge in [-0.15, -0.1) is 0 Å². The maximum atomic E-state index is 11.4. The highest BCUT2D eigenvalue weighted by atomic mass is 32.2. The molecule has 0 atom stereocenters. The largest absolute Gasteiger partial charge is 0.322 e. The highest BCUT2D eigenvalue weighted by Gasteiger charge is 2.08. The predicted octanol–water partition coefficient (Wildman–Crippen LogP) is 1.45. The summed E-state index contributed by atoms with van der Waals surface area (Å²) in [6, 6.07) is 11.2. The van der Waals surface area contributed by atoms with Gasteiger partial charge in [0.1, 0.15) is 0 Å². The fraction of sp³-hybridized carbons (Fsp3) is 0.0833. The molecule has 0 saturated heterocycles. The number of aromatic amines is 1. The van der Waals surface area contributed by atoms with E-state index >= 15 is 0 Å². The number of rotatable bonds is 2. The summed E-state index contributed by atoms with van der Waals surface area (Å²) in [6.07, 6.45) is 1.15. The molecule has 2 aromatic rings. The van der Waals surface area contributed by atoms with Crippen LogP contribution in [0.4, 0.5) is 0 Å². The van der Waals surface area contributed by atoms with Crippen LogP contribution in [0.5, 0.6) is 0 Å². The summed E-state index contributed by atoms with van der Waals surface area (Å²) in [5, 5.41) is 0. The van der Waals surface area contributed by atoms with Crippen LogP contribution in [-0.2, 0) is 9.84 Å². The van der Waals surface area contributed by atoms with Crippen molar-refractivity contribution >= 4 is 9.84 Å². The Balaban J connectivity index is 2.58. The molecular formula is C12H11NO3S. The van der Waals surface area contributed by atoms with Crippen molar-refractivity contribution in [2.24, 2.45) is 0 Å². The van der Waals surface area contributed by atoms with E-state index < -0.39 is 9.84 Å². The van der Waals surface area contributed by atoms with Crippen LogP contribution in [0, 0.1) is 0 Å². The number of sulfone groups is 1. The molecule has 0 saturated carbocycles. The Kier molecular flexibility index (Phi) is 2.85. The lowest BCUT2D eigenvalue weighted by Gasteiger charge is -2.03. The SMILES string of the molecule is CS(=O)(=O)c1cccc(-c2cccc(=O)[nH]2)c1. The number of hydrogen-bond acceptors (Lipinski definition) is 3. The van der Waals surface area contributed by atoms with Gasteiger partial charge in [0.2, 0.25) is 5.56 Å². The molecule has 1 heterocycles. The van der Waals surface area contributed by atoms with E-state index in [2.05, 4.69) is 4.98 Å². The van der Waals surface area contributed by atoms with Gasteiger partial charge in [-0.1, -0.05) is 18.2 Å². The van der Waals surface area contributed by atoms with Crippen LogP contribution < -0.4 is 5.56 Å². The third-order valence-corrected chi connectivity index (χ3v) is 3.45. The molecular weight excluding hydrogens is 238 g/mol. The van der Waals surface area contributed by atoms with Gasteiger partial charge >= 0.3 is 0 Å². The second kappa shape index (κ2) is 4.18. The van der Waals surface area contributed by atoms with Gasteiger partial charge in [-0.3, -0.25) is 4.79 Å². The van der Waals surface area contributed by atoms with Crippen molar-refractivity contribution in [1.29, 1.82) is 0 Å². The van der Waals surface area contributed by atoms with Crippen molar-refractivity contribution in [1.82, 2.24) is 4.98 Å². The Labute approximate surface area is 98.9 Å². The molecule has 1 N–H and O–H groups in total. The molecule has 4 nitrogen and oxygen atoms in total. The number of pyridine rings is 1. The van der Waals surface area contributed by atoms with Gasteiger partial charge in [-0.05, 0) is 23.8 Å². The molecule has 1 aromatic carbocycles. The predicted molar refractivity (Wildman–Crippen MR) is 65.6 cm³/mol. The van der Waals surface area contributed by atoms with Gasteiger partial charge in [0.05, 0.1) is 4.90 Å². The third-order valence-electron chi connectivity index (χ3n) is 2.34. The van der Waals surface area contributed by atoms with Crippen LogP contribution in [0.1, 0.15) is 0 Å². The molecule has 88 valence electrons. The van der Waals surface area contributed by atoms with Crippen LogP contribution in [0.15, 0.2) is 52.2 Å². The Bertz CT molecular complexity index is 701. The standard InChI is InChI=1S/C12H11NO3S/c1-17(15,16)10-5-2-4-9(8-10)11-6-3-7-12(14)13-11/h2-8H,1H3,(H,13,14). The minimum absolute atomic E-state index is 0.216. The fourth-order valence-corrected chi connectivity index (χ4v) is 2.18. The molecule has 2 rings (SSSR count). The lowest BCUT2D eigenvalue weighted by molar-refractivity contribution is 0.602. The minimum Gasteiger partial charge on any atom is -0.322 e. The number of benzene rings is 1. The van der Waals surface area contributed by atoms with E-state index in [1.807, 2.05) is 0 Å². The van der Waals surface area contributed by atoms with Gasteiger partial charge in [-0.2, -0.15) is 0 Å². The zero-order chi connectivity index (χ0) is 12.5. The van der Waals surface area contributed by atoms with Gasteiger partial charge in [-0.25, -0.2) is 8.42 Å². The van der Waals surface area contributed by atoms with Gasteiger partial charge in [0.15, 0.2) is 9.84 Å². The minimum atomic E-state index is -3.24. The first kappa shape index (κ1) is 11.6. The molecule has 5 heteroatoms. The van der Waals surface area contributed by atoms with E-state index in [4.69, 9.17) is 0 Å². The zero-order valence-corrected chi connectivity index (χ0v) is 9.99. The number of aromatic nitrogens is 1. The summed E-state index contributed by atoms with van der Waals surface area (Å²) in [4.78, 5) is 14.1. The number of hydrogen-bond donors (Lipinski definition) is 1. The molecule has 0 fully saturated rings. The topological polar surface area (TPSA) is 67.0 Å². The first-order chi connectivity index (χ1) is 7.97. The van der Waals surface area contributed by atoms with Gasteiger partial charge < -0.3 is 4.98 Å². The molecule has 1 aromatic heterocycles. The molecule has 0 unspecified atom stereocenters. The summed E-state index contributed by atoms with van der Waals surface area (Å²) in [5.41, 5.74) is 1.06. The Morgan fingerprint density at radius 1 is 1.06 bits per heavy atom. The maximum absolute atomic E-state index is 11.4. The quantitative estimate of drug-likeness (QED) is 0.875. The van der Waals surface area contributed by atoms with Crippen molar-refractivity contribution in [3.63, 3.8) is 0 Å². The zero-order valence-electron chi connectivity index (χ0n) is 9.17. The lowest BCUT2D eigenvalue weighted by Crippen LogP contribution is -2.04. The molecule has 0 radical (unpaired) electrons. The Morgan fingerprint density at radius 3 is 2.41 bits per heavy atom. The lowest BCUT2D eigenvalue weighted by atomic mass is 10.1. The summed E-state index contributed by atoms with van der Waals surface area (Å²) < 4.78 is 22.8. The van der Waals surface area contributed by atoms with E-state index in [1.54, 1.807) is 30.3 Å². The highest BCUT2D eigenvalue weighted by molar-refractivity contribution is 7.90. The number of nitrogens with one attached hydrogen (secondary N) is 1. The normalized spacial score (nSPS) is 11.4. The van der Waals surface area contributed by atoms with Crippen molar-refractivity contribution in [2.75, 3.05) is 6.26 Å². The highest BCUT2D eigenvalue weighted by Crippen LogP contribution is 2.19. The van der Waals surface area contributed by atoms with Gasteiger partial charge in [0.25, 0.3) is 0 Å². The van der Waals surface area contributed by atoms with Crippen molar-refractivity contribution < 1.29 is 8.42 Å². The van der Waals surface area contributed by atoms with Crippen LogP contribution in [0.25, 0.3) is 11.3 Å². The average molecular weight is 249 g/mol. The molecule has 0 bridgehead atoms. The Hall–Kier alpha value is -1.88. The fourth-order valence-electron chi connectivity index (χ4n) is 1.51. The van der Waals surface area contributed by atoms with Crippen LogP contribution in [0.2, 0.25) is 0 Å². The van der Waals surface area contributed by atoms with E-state index in [-0.39, 0.29) is 10.5 Å².